The van der Waals surface area contributed by atoms with Crippen LogP contribution in [-0.4, -0.2) is 15.9 Å². The van der Waals surface area contributed by atoms with Crippen LogP contribution in [0.1, 0.15) is 70.3 Å². The summed E-state index contributed by atoms with van der Waals surface area (Å²) >= 11 is 9.01. The molecule has 0 spiro atoms. The lowest BCUT2D eigenvalue weighted by Gasteiger charge is -2.49. The molecule has 0 nitrogen and oxygen atoms in total. The van der Waals surface area contributed by atoms with E-state index in [4.69, 9.17) is 11.6 Å². The van der Waals surface area contributed by atoms with Gasteiger partial charge in [-0.15, -0.1) is 11.6 Å². The lowest BCUT2D eigenvalue weighted by molar-refractivity contribution is 0.135. The molecule has 0 aromatic heterocycles. The van der Waals surface area contributed by atoms with Crippen molar-refractivity contribution in [3.05, 3.63) is 71.3 Å². The highest BCUT2D eigenvalue weighted by molar-refractivity contribution is 8.00. The third-order valence-electron chi connectivity index (χ3n) is 10.7. The molecule has 7 rings (SSSR count). The largest absolute Gasteiger partial charge is 0.154 e. The predicted octanol–water partition coefficient (Wildman–Crippen LogP) is 8.72. The number of hydrogen-bond acceptors (Lipinski definition) is 1. The van der Waals surface area contributed by atoms with Crippen LogP contribution in [0.25, 0.3) is 0 Å². The predicted molar refractivity (Wildman–Crippen MR) is 146 cm³/mol. The third kappa shape index (κ3) is 3.25. The van der Waals surface area contributed by atoms with E-state index in [1.165, 1.54) is 57.8 Å². The highest BCUT2D eigenvalue weighted by Crippen LogP contribution is 2.67. The van der Waals surface area contributed by atoms with Gasteiger partial charge in [-0.1, -0.05) is 61.6 Å². The summed E-state index contributed by atoms with van der Waals surface area (Å²) in [7, 11) is 0. The lowest BCUT2D eigenvalue weighted by Crippen LogP contribution is -2.45. The Morgan fingerprint density at radius 2 is 1.74 bits per heavy atom. The minimum Gasteiger partial charge on any atom is -0.154 e. The highest BCUT2D eigenvalue weighted by Gasteiger charge is 2.60. The van der Waals surface area contributed by atoms with Crippen LogP contribution in [-0.2, 0) is 5.41 Å². The number of benzene rings is 1. The van der Waals surface area contributed by atoms with E-state index >= 15 is 0 Å². The lowest BCUT2D eigenvalue weighted by atomic mass is 9.55. The molecule has 34 heavy (non-hydrogen) atoms. The highest BCUT2D eigenvalue weighted by atomic mass is 35.5. The second kappa shape index (κ2) is 8.58. The fourth-order valence-corrected chi connectivity index (χ4v) is 12.0. The van der Waals surface area contributed by atoms with Crippen molar-refractivity contribution in [3.8, 4) is 0 Å². The summed E-state index contributed by atoms with van der Waals surface area (Å²) in [6.07, 6.45) is 22.5. The Labute approximate surface area is 215 Å². The van der Waals surface area contributed by atoms with Crippen molar-refractivity contribution in [2.24, 2.45) is 35.5 Å². The molecule has 0 bridgehead atoms. The number of thioether (sulfide) groups is 1. The first kappa shape index (κ1) is 22.3. The van der Waals surface area contributed by atoms with Gasteiger partial charge in [0.1, 0.15) is 0 Å². The fourth-order valence-electron chi connectivity index (χ4n) is 9.41. The summed E-state index contributed by atoms with van der Waals surface area (Å²) in [5, 5.41) is 2.09. The molecule has 1 aromatic rings. The zero-order valence-electron chi connectivity index (χ0n) is 20.5. The molecule has 3 saturated carbocycles. The summed E-state index contributed by atoms with van der Waals surface area (Å²) in [5.41, 5.74) is 5.24. The minimum absolute atomic E-state index is 0.164. The van der Waals surface area contributed by atoms with Gasteiger partial charge in [0.25, 0.3) is 0 Å². The molecule has 1 aromatic carbocycles. The van der Waals surface area contributed by atoms with Crippen molar-refractivity contribution in [3.63, 3.8) is 0 Å². The Morgan fingerprint density at radius 1 is 0.941 bits per heavy atom. The van der Waals surface area contributed by atoms with Gasteiger partial charge in [0.2, 0.25) is 0 Å². The normalized spacial score (nSPS) is 47.2. The molecule has 0 N–H and O–H groups in total. The second-order valence-corrected chi connectivity index (χ2v) is 14.4. The van der Waals surface area contributed by atoms with Crippen molar-refractivity contribution in [1.82, 2.24) is 0 Å². The van der Waals surface area contributed by atoms with Crippen molar-refractivity contribution in [1.29, 1.82) is 0 Å². The van der Waals surface area contributed by atoms with Gasteiger partial charge in [0, 0.05) is 21.3 Å². The van der Waals surface area contributed by atoms with Crippen LogP contribution in [0.4, 0.5) is 0 Å². The van der Waals surface area contributed by atoms with Crippen molar-refractivity contribution in [2.75, 3.05) is 0 Å². The molecule has 1 heterocycles. The molecule has 0 radical (unpaired) electrons. The molecule has 6 aliphatic rings. The molecule has 4 fully saturated rings. The number of fused-ring (bicyclic) bond motifs is 6. The summed E-state index contributed by atoms with van der Waals surface area (Å²) in [6.45, 7) is 2.44. The molecule has 2 heteroatoms. The summed E-state index contributed by atoms with van der Waals surface area (Å²) in [6, 6.07) is 11.8. The maximum absolute atomic E-state index is 6.65. The van der Waals surface area contributed by atoms with Crippen LogP contribution >= 0.6 is 23.4 Å². The summed E-state index contributed by atoms with van der Waals surface area (Å²) in [4.78, 5) is 0. The zero-order chi connectivity index (χ0) is 22.9. The molecule has 1 aliphatic heterocycles. The molecular formula is C32H39ClS. The minimum atomic E-state index is 0.164. The van der Waals surface area contributed by atoms with Gasteiger partial charge in [0.15, 0.2) is 0 Å². The molecule has 0 amide bonds. The molecule has 10 atom stereocenters. The van der Waals surface area contributed by atoms with Crippen LogP contribution in [0.15, 0.2) is 65.8 Å². The molecule has 10 unspecified atom stereocenters. The van der Waals surface area contributed by atoms with Gasteiger partial charge in [0.05, 0.1) is 0 Å². The van der Waals surface area contributed by atoms with Crippen LogP contribution in [0, 0.1) is 35.5 Å². The first-order chi connectivity index (χ1) is 16.7. The Balaban J connectivity index is 1.33. The van der Waals surface area contributed by atoms with E-state index in [2.05, 4.69) is 73.3 Å². The van der Waals surface area contributed by atoms with Crippen molar-refractivity contribution < 1.29 is 0 Å². The molecular weight excluding hydrogens is 452 g/mol. The number of halogens is 1. The van der Waals surface area contributed by atoms with Gasteiger partial charge in [-0.05, 0) is 110 Å². The van der Waals surface area contributed by atoms with E-state index in [1.807, 2.05) is 0 Å². The van der Waals surface area contributed by atoms with E-state index in [0.29, 0.717) is 17.2 Å². The fraction of sp³-hybridized carbons (Fsp3) is 0.625. The summed E-state index contributed by atoms with van der Waals surface area (Å²) < 4.78 is 0. The third-order valence-corrected chi connectivity index (χ3v) is 12.9. The van der Waals surface area contributed by atoms with Crippen LogP contribution in [0.5, 0.6) is 0 Å². The van der Waals surface area contributed by atoms with Gasteiger partial charge in [-0.2, -0.15) is 11.8 Å². The first-order valence-corrected chi connectivity index (χ1v) is 15.5. The molecule has 5 aliphatic carbocycles. The van der Waals surface area contributed by atoms with Crippen LogP contribution in [0.2, 0.25) is 0 Å². The number of rotatable bonds is 2. The van der Waals surface area contributed by atoms with Gasteiger partial charge in [-0.25, -0.2) is 0 Å². The van der Waals surface area contributed by atoms with E-state index in [1.54, 1.807) is 16.7 Å². The van der Waals surface area contributed by atoms with Gasteiger partial charge >= 0.3 is 0 Å². The number of alkyl halides is 1. The monoisotopic (exact) mass is 490 g/mol. The first-order valence-electron chi connectivity index (χ1n) is 14.1. The SMILES string of the molecule is CC1C=C2C(=CC1)C1CCC=CC1C2(c1ccccc1)C1CCC2C(C1)SC1CC(Cl)CCC12. The topological polar surface area (TPSA) is 0 Å². The Hall–Kier alpha value is -0.920. The Bertz CT molecular complexity index is 1020. The van der Waals surface area contributed by atoms with E-state index in [0.717, 1.165) is 34.2 Å². The van der Waals surface area contributed by atoms with E-state index in [-0.39, 0.29) is 5.41 Å². The average Bonchev–Trinajstić information content (AvgIpc) is 3.36. The average molecular weight is 491 g/mol. The number of allylic oxidation sites excluding steroid dienone is 6. The van der Waals surface area contributed by atoms with Crippen molar-refractivity contribution >= 4 is 23.4 Å². The van der Waals surface area contributed by atoms with Crippen LogP contribution in [0.3, 0.4) is 0 Å². The van der Waals surface area contributed by atoms with Gasteiger partial charge < -0.3 is 0 Å². The zero-order valence-corrected chi connectivity index (χ0v) is 22.1. The molecule has 180 valence electrons. The summed E-state index contributed by atoms with van der Waals surface area (Å²) in [5.74, 6) is 4.64. The smallest absolute Gasteiger partial charge is 0.0346 e. The molecule has 1 saturated heterocycles. The van der Waals surface area contributed by atoms with Crippen LogP contribution < -0.4 is 0 Å². The Morgan fingerprint density at radius 3 is 2.59 bits per heavy atom. The second-order valence-electron chi connectivity index (χ2n) is 12.3. The quantitative estimate of drug-likeness (QED) is 0.295. The maximum Gasteiger partial charge on any atom is 0.0346 e. The maximum atomic E-state index is 6.65. The van der Waals surface area contributed by atoms with E-state index in [9.17, 15) is 0 Å². The Kier molecular flexibility index (Phi) is 5.63. The van der Waals surface area contributed by atoms with Gasteiger partial charge in [-0.3, -0.25) is 0 Å². The van der Waals surface area contributed by atoms with E-state index < -0.39 is 0 Å². The van der Waals surface area contributed by atoms with Crippen molar-refractivity contribution in [2.45, 2.75) is 86.0 Å². The number of hydrogen-bond donors (Lipinski definition) is 0. The standard InChI is InChI=1S/C32H39ClS/c1-20-11-14-25-24-9-5-6-10-28(24)32(29(25)17-20,21-7-3-2-4-8-21)22-12-15-26-27-16-13-23(33)19-31(27)34-30(26)18-22/h2-4,6-8,10,14,17,20,22-24,26-28,30-31H,5,9,11-13,15-16,18-19H2,1H3.